The Kier molecular flexibility index (Phi) is 6.05. The second kappa shape index (κ2) is 8.09. The van der Waals surface area contributed by atoms with Crippen molar-refractivity contribution >= 4 is 0 Å². The Morgan fingerprint density at radius 1 is 0.964 bits per heavy atom. The molecule has 28 heavy (non-hydrogen) atoms. The minimum Gasteiger partial charge on any atom is -0.396 e. The number of fused-ring (bicyclic) bond motifs is 4. The molecule has 2 unspecified atom stereocenters. The van der Waals surface area contributed by atoms with Gasteiger partial charge in [-0.1, -0.05) is 64.5 Å². The Balaban J connectivity index is 1.50. The molecule has 1 heteroatoms. The van der Waals surface area contributed by atoms with E-state index in [-0.39, 0.29) is 0 Å². The van der Waals surface area contributed by atoms with E-state index < -0.39 is 0 Å². The number of hydrogen-bond acceptors (Lipinski definition) is 1. The summed E-state index contributed by atoms with van der Waals surface area (Å²) in [5.74, 6) is 4.16. The van der Waals surface area contributed by atoms with Crippen LogP contribution in [0.2, 0.25) is 0 Å². The van der Waals surface area contributed by atoms with E-state index in [0.717, 1.165) is 23.7 Å². The van der Waals surface area contributed by atoms with E-state index >= 15 is 0 Å². The monoisotopic (exact) mass is 386 g/mol. The Hall–Kier alpha value is -0.300. The first-order chi connectivity index (χ1) is 13.4. The summed E-state index contributed by atoms with van der Waals surface area (Å²) in [4.78, 5) is 0. The average Bonchev–Trinajstić information content (AvgIpc) is 3.04. The number of aliphatic hydroxyl groups is 1. The molecule has 4 aliphatic carbocycles. The standard InChI is InChI=1S/C27H46O/c1-19(18-28)8-7-9-20(2)23-13-14-24-22-12-11-21-10-5-6-16-26(21,3)25(22)15-17-27(23,24)4/h19-21,23,25,28H,5-18H2,1-4H3/t19?,20-,21?,23-,25+,26+,27-/m1/s1. The van der Waals surface area contributed by atoms with Crippen molar-refractivity contribution in [2.24, 2.45) is 40.4 Å². The van der Waals surface area contributed by atoms with Gasteiger partial charge in [-0.3, -0.25) is 0 Å². The quantitative estimate of drug-likeness (QED) is 0.468. The predicted molar refractivity (Wildman–Crippen MR) is 119 cm³/mol. The van der Waals surface area contributed by atoms with E-state index in [1.54, 1.807) is 0 Å². The summed E-state index contributed by atoms with van der Waals surface area (Å²) in [7, 11) is 0. The Morgan fingerprint density at radius 3 is 2.57 bits per heavy atom. The van der Waals surface area contributed by atoms with Gasteiger partial charge in [0.15, 0.2) is 0 Å². The van der Waals surface area contributed by atoms with Crippen molar-refractivity contribution in [1.82, 2.24) is 0 Å². The maximum Gasteiger partial charge on any atom is 0.0456 e. The van der Waals surface area contributed by atoms with E-state index in [9.17, 15) is 5.11 Å². The van der Waals surface area contributed by atoms with Crippen molar-refractivity contribution in [3.63, 3.8) is 0 Å². The molecule has 4 rings (SSSR count). The molecule has 1 N–H and O–H groups in total. The summed E-state index contributed by atoms with van der Waals surface area (Å²) in [5, 5.41) is 9.31. The van der Waals surface area contributed by atoms with Gasteiger partial charge in [-0.05, 0) is 98.2 Å². The fraction of sp³-hybridized carbons (Fsp3) is 0.926. The minimum absolute atomic E-state index is 0.354. The molecule has 0 amide bonds. The molecule has 0 aliphatic heterocycles. The molecule has 160 valence electrons. The van der Waals surface area contributed by atoms with Crippen molar-refractivity contribution in [3.8, 4) is 0 Å². The molecular weight excluding hydrogens is 340 g/mol. The number of aliphatic hydroxyl groups excluding tert-OH is 1. The van der Waals surface area contributed by atoms with Gasteiger partial charge in [-0.25, -0.2) is 0 Å². The molecule has 0 spiro atoms. The van der Waals surface area contributed by atoms with Crippen molar-refractivity contribution in [1.29, 1.82) is 0 Å². The van der Waals surface area contributed by atoms with Crippen LogP contribution in [0.3, 0.4) is 0 Å². The third-order valence-electron chi connectivity index (χ3n) is 10.3. The van der Waals surface area contributed by atoms with E-state index in [1.807, 2.05) is 11.1 Å². The molecule has 0 aromatic carbocycles. The summed E-state index contributed by atoms with van der Waals surface area (Å²) in [6.45, 7) is 10.4. The van der Waals surface area contributed by atoms with E-state index in [1.165, 1.54) is 83.5 Å². The third kappa shape index (κ3) is 3.42. The normalized spacial score (nSPS) is 42.5. The molecule has 0 bridgehead atoms. The predicted octanol–water partition coefficient (Wildman–Crippen LogP) is 7.53. The van der Waals surface area contributed by atoms with Crippen LogP contribution < -0.4 is 0 Å². The van der Waals surface area contributed by atoms with Crippen LogP contribution in [0.15, 0.2) is 11.1 Å². The van der Waals surface area contributed by atoms with Gasteiger partial charge >= 0.3 is 0 Å². The van der Waals surface area contributed by atoms with Crippen LogP contribution in [0.1, 0.15) is 111 Å². The highest BCUT2D eigenvalue weighted by atomic mass is 16.3. The molecular formula is C27H46O. The molecule has 7 atom stereocenters. The van der Waals surface area contributed by atoms with E-state index in [2.05, 4.69) is 27.7 Å². The van der Waals surface area contributed by atoms with Crippen LogP contribution in [-0.4, -0.2) is 11.7 Å². The van der Waals surface area contributed by atoms with Crippen LogP contribution in [0, 0.1) is 40.4 Å². The third-order valence-corrected chi connectivity index (χ3v) is 10.3. The van der Waals surface area contributed by atoms with Gasteiger partial charge in [-0.15, -0.1) is 0 Å². The largest absolute Gasteiger partial charge is 0.396 e. The number of hydrogen-bond donors (Lipinski definition) is 1. The fourth-order valence-electron chi connectivity index (χ4n) is 8.56. The minimum atomic E-state index is 0.354. The van der Waals surface area contributed by atoms with Gasteiger partial charge < -0.3 is 5.11 Å². The lowest BCUT2D eigenvalue weighted by atomic mass is 9.49. The first-order valence-electron chi connectivity index (χ1n) is 12.7. The van der Waals surface area contributed by atoms with Gasteiger partial charge in [0, 0.05) is 6.61 Å². The van der Waals surface area contributed by atoms with Crippen LogP contribution in [0.25, 0.3) is 0 Å². The van der Waals surface area contributed by atoms with Crippen molar-refractivity contribution in [2.45, 2.75) is 111 Å². The fourth-order valence-corrected chi connectivity index (χ4v) is 8.56. The van der Waals surface area contributed by atoms with Crippen LogP contribution in [-0.2, 0) is 0 Å². The number of allylic oxidation sites excluding steroid dienone is 2. The molecule has 0 saturated heterocycles. The van der Waals surface area contributed by atoms with E-state index in [4.69, 9.17) is 0 Å². The maximum atomic E-state index is 9.31. The first-order valence-corrected chi connectivity index (χ1v) is 12.7. The van der Waals surface area contributed by atoms with Gasteiger partial charge in [0.25, 0.3) is 0 Å². The van der Waals surface area contributed by atoms with Crippen LogP contribution in [0.4, 0.5) is 0 Å². The van der Waals surface area contributed by atoms with Gasteiger partial charge in [0.2, 0.25) is 0 Å². The smallest absolute Gasteiger partial charge is 0.0456 e. The van der Waals surface area contributed by atoms with Gasteiger partial charge in [0.1, 0.15) is 0 Å². The highest BCUT2D eigenvalue weighted by Crippen LogP contribution is 2.65. The van der Waals surface area contributed by atoms with Crippen LogP contribution >= 0.6 is 0 Å². The summed E-state index contributed by atoms with van der Waals surface area (Å²) in [6, 6.07) is 0. The molecule has 3 fully saturated rings. The molecule has 0 aromatic heterocycles. The Labute approximate surface area is 174 Å². The average molecular weight is 387 g/mol. The zero-order chi connectivity index (χ0) is 19.9. The molecule has 0 radical (unpaired) electrons. The van der Waals surface area contributed by atoms with Crippen molar-refractivity contribution < 1.29 is 5.11 Å². The highest BCUT2D eigenvalue weighted by Gasteiger charge is 2.54. The zero-order valence-corrected chi connectivity index (χ0v) is 19.2. The second-order valence-electron chi connectivity index (χ2n) is 11.8. The zero-order valence-electron chi connectivity index (χ0n) is 19.2. The second-order valence-corrected chi connectivity index (χ2v) is 11.8. The molecule has 0 aromatic rings. The topological polar surface area (TPSA) is 20.2 Å². The summed E-state index contributed by atoms with van der Waals surface area (Å²) in [6.07, 6.45) is 18.5. The number of rotatable bonds is 6. The Morgan fingerprint density at radius 2 is 1.79 bits per heavy atom. The lowest BCUT2D eigenvalue weighted by molar-refractivity contribution is 0.00930. The summed E-state index contributed by atoms with van der Waals surface area (Å²) < 4.78 is 0. The Bertz CT molecular complexity index is 591. The molecule has 4 aliphatic rings. The highest BCUT2D eigenvalue weighted by molar-refractivity contribution is 5.34. The van der Waals surface area contributed by atoms with Crippen LogP contribution in [0.5, 0.6) is 0 Å². The maximum absolute atomic E-state index is 9.31. The first kappa shape index (κ1) is 21.0. The molecule has 0 heterocycles. The van der Waals surface area contributed by atoms with Gasteiger partial charge in [0.05, 0.1) is 0 Å². The van der Waals surface area contributed by atoms with E-state index in [0.29, 0.717) is 23.4 Å². The molecule has 3 saturated carbocycles. The van der Waals surface area contributed by atoms with Crippen molar-refractivity contribution in [2.75, 3.05) is 6.61 Å². The SMILES string of the molecule is CC(CO)CCC[C@@H](C)[C@H]1CCC2=C3CCC4CCCC[C@]4(C)[C@H]3CC[C@@]21C. The van der Waals surface area contributed by atoms with Gasteiger partial charge in [-0.2, -0.15) is 0 Å². The lowest BCUT2D eigenvalue weighted by Gasteiger charge is -2.56. The molecule has 1 nitrogen and oxygen atoms in total. The summed E-state index contributed by atoms with van der Waals surface area (Å²) >= 11 is 0. The van der Waals surface area contributed by atoms with Crippen molar-refractivity contribution in [3.05, 3.63) is 11.1 Å². The lowest BCUT2D eigenvalue weighted by Crippen LogP contribution is -2.46. The summed E-state index contributed by atoms with van der Waals surface area (Å²) in [5.41, 5.74) is 5.06.